The molecule has 2 amide bonds. The molecule has 0 radical (unpaired) electrons. The van der Waals surface area contributed by atoms with Crippen LogP contribution in [0.5, 0.6) is 0 Å². The van der Waals surface area contributed by atoms with Gasteiger partial charge in [0.25, 0.3) is 11.8 Å². The van der Waals surface area contributed by atoms with E-state index < -0.39 is 0 Å². The van der Waals surface area contributed by atoms with Crippen LogP contribution < -0.4 is 10.6 Å². The van der Waals surface area contributed by atoms with E-state index >= 15 is 0 Å². The molecule has 0 bridgehead atoms. The first kappa shape index (κ1) is 18.0. The molecular weight excluding hydrogens is 371 g/mol. The van der Waals surface area contributed by atoms with E-state index in [1.807, 2.05) is 6.07 Å². The zero-order chi connectivity index (χ0) is 18.5. The maximum Gasteiger partial charge on any atom is 0.255 e. The summed E-state index contributed by atoms with van der Waals surface area (Å²) in [6.07, 6.45) is 0. The van der Waals surface area contributed by atoms with Gasteiger partial charge in [-0.15, -0.1) is 0 Å². The summed E-state index contributed by atoms with van der Waals surface area (Å²) in [6.45, 7) is 0. The Hall–Kier alpha value is -2.82. The van der Waals surface area contributed by atoms with Gasteiger partial charge in [-0.1, -0.05) is 47.5 Å². The molecule has 3 rings (SSSR count). The lowest BCUT2D eigenvalue weighted by molar-refractivity contribution is 0.101. The fraction of sp³-hybridized carbons (Fsp3) is 0. The topological polar surface area (TPSA) is 58.2 Å². The SMILES string of the molecule is O=C(Nc1ccc(Cl)c(NC(=O)c2ccccc2)c1)c1cccc(Cl)c1. The molecule has 2 N–H and O–H groups in total. The molecule has 0 aliphatic heterocycles. The van der Waals surface area contributed by atoms with Gasteiger partial charge in [-0.25, -0.2) is 0 Å². The van der Waals surface area contributed by atoms with Crippen LogP contribution >= 0.6 is 23.2 Å². The minimum atomic E-state index is -0.310. The van der Waals surface area contributed by atoms with Crippen molar-refractivity contribution in [1.29, 1.82) is 0 Å². The van der Waals surface area contributed by atoms with E-state index in [2.05, 4.69) is 10.6 Å². The highest BCUT2D eigenvalue weighted by atomic mass is 35.5. The molecule has 0 saturated carbocycles. The Balaban J connectivity index is 1.77. The molecule has 0 heterocycles. The van der Waals surface area contributed by atoms with Gasteiger partial charge in [-0.05, 0) is 48.5 Å². The number of halogens is 2. The first-order valence-electron chi connectivity index (χ1n) is 7.76. The Morgan fingerprint density at radius 2 is 1.38 bits per heavy atom. The Kier molecular flexibility index (Phi) is 5.56. The molecule has 3 aromatic rings. The summed E-state index contributed by atoms with van der Waals surface area (Å²) in [6, 6.07) is 20.3. The molecule has 0 aromatic heterocycles. The van der Waals surface area contributed by atoms with Crippen molar-refractivity contribution in [2.75, 3.05) is 10.6 Å². The van der Waals surface area contributed by atoms with Crippen molar-refractivity contribution >= 4 is 46.4 Å². The lowest BCUT2D eigenvalue weighted by Gasteiger charge is -2.11. The summed E-state index contributed by atoms with van der Waals surface area (Å²) in [5.74, 6) is -0.596. The minimum Gasteiger partial charge on any atom is -0.322 e. The van der Waals surface area contributed by atoms with Gasteiger partial charge >= 0.3 is 0 Å². The number of hydrogen-bond donors (Lipinski definition) is 2. The van der Waals surface area contributed by atoms with E-state index in [4.69, 9.17) is 23.2 Å². The molecule has 6 heteroatoms. The van der Waals surface area contributed by atoms with E-state index in [0.717, 1.165) is 0 Å². The quantitative estimate of drug-likeness (QED) is 0.623. The third kappa shape index (κ3) is 4.42. The van der Waals surface area contributed by atoms with Crippen LogP contribution in [0.4, 0.5) is 11.4 Å². The van der Waals surface area contributed by atoms with Crippen LogP contribution in [0.2, 0.25) is 10.0 Å². The second-order valence-electron chi connectivity index (χ2n) is 5.48. The molecule has 26 heavy (non-hydrogen) atoms. The lowest BCUT2D eigenvalue weighted by atomic mass is 10.2. The average molecular weight is 385 g/mol. The molecule has 0 fully saturated rings. The molecule has 0 unspecified atom stereocenters. The van der Waals surface area contributed by atoms with Crippen molar-refractivity contribution in [2.45, 2.75) is 0 Å². The summed E-state index contributed by atoms with van der Waals surface area (Å²) in [4.78, 5) is 24.6. The van der Waals surface area contributed by atoms with Gasteiger partial charge < -0.3 is 10.6 Å². The number of anilines is 2. The van der Waals surface area contributed by atoms with Crippen molar-refractivity contribution in [3.63, 3.8) is 0 Å². The van der Waals surface area contributed by atoms with Gasteiger partial charge in [0.1, 0.15) is 0 Å². The third-order valence-corrected chi connectivity index (χ3v) is 4.16. The summed E-state index contributed by atoms with van der Waals surface area (Å²) < 4.78 is 0. The van der Waals surface area contributed by atoms with Crippen molar-refractivity contribution in [3.8, 4) is 0 Å². The fourth-order valence-electron chi connectivity index (χ4n) is 2.32. The third-order valence-electron chi connectivity index (χ3n) is 3.60. The molecular formula is C20H14Cl2N2O2. The summed E-state index contributed by atoms with van der Waals surface area (Å²) >= 11 is 12.1. The number of benzene rings is 3. The molecule has 0 spiro atoms. The molecule has 130 valence electrons. The van der Waals surface area contributed by atoms with E-state index in [0.29, 0.717) is 32.5 Å². The van der Waals surface area contributed by atoms with Crippen molar-refractivity contribution < 1.29 is 9.59 Å². The first-order chi connectivity index (χ1) is 12.5. The zero-order valence-corrected chi connectivity index (χ0v) is 15.0. The number of carbonyl (C=O) groups is 2. The maximum atomic E-state index is 12.3. The van der Waals surface area contributed by atoms with Crippen LogP contribution in [-0.2, 0) is 0 Å². The number of carbonyl (C=O) groups excluding carboxylic acids is 2. The summed E-state index contributed by atoms with van der Waals surface area (Å²) in [7, 11) is 0. The molecule has 0 saturated heterocycles. The zero-order valence-electron chi connectivity index (χ0n) is 13.5. The second-order valence-corrected chi connectivity index (χ2v) is 6.32. The van der Waals surface area contributed by atoms with Gasteiger partial charge in [0.05, 0.1) is 10.7 Å². The number of rotatable bonds is 4. The Morgan fingerprint density at radius 3 is 2.12 bits per heavy atom. The second kappa shape index (κ2) is 8.04. The summed E-state index contributed by atoms with van der Waals surface area (Å²) in [5, 5.41) is 6.35. The Morgan fingerprint density at radius 1 is 0.692 bits per heavy atom. The van der Waals surface area contributed by atoms with Gasteiger partial charge in [0, 0.05) is 21.8 Å². The maximum absolute atomic E-state index is 12.3. The van der Waals surface area contributed by atoms with Crippen molar-refractivity contribution in [2.24, 2.45) is 0 Å². The van der Waals surface area contributed by atoms with Gasteiger partial charge in [0.2, 0.25) is 0 Å². The smallest absolute Gasteiger partial charge is 0.255 e. The molecule has 4 nitrogen and oxygen atoms in total. The molecule has 3 aromatic carbocycles. The van der Waals surface area contributed by atoms with Crippen LogP contribution in [-0.4, -0.2) is 11.8 Å². The predicted molar refractivity (Wildman–Crippen MR) is 105 cm³/mol. The fourth-order valence-corrected chi connectivity index (χ4v) is 2.67. The average Bonchev–Trinajstić information content (AvgIpc) is 2.65. The van der Waals surface area contributed by atoms with E-state index in [1.54, 1.807) is 66.7 Å². The molecule has 0 atom stereocenters. The standard InChI is InChI=1S/C20H14Cl2N2O2/c21-15-8-4-7-14(11-15)20(26)23-16-9-10-17(22)18(12-16)24-19(25)13-5-2-1-3-6-13/h1-12H,(H,23,26)(H,24,25). The van der Waals surface area contributed by atoms with Gasteiger partial charge in [-0.3, -0.25) is 9.59 Å². The normalized spacial score (nSPS) is 10.2. The lowest BCUT2D eigenvalue weighted by Crippen LogP contribution is -2.14. The number of amides is 2. The number of hydrogen-bond acceptors (Lipinski definition) is 2. The van der Waals surface area contributed by atoms with E-state index in [1.165, 1.54) is 0 Å². The van der Waals surface area contributed by atoms with Crippen LogP contribution in [0.3, 0.4) is 0 Å². The molecule has 0 aliphatic rings. The minimum absolute atomic E-state index is 0.286. The molecule has 0 aliphatic carbocycles. The van der Waals surface area contributed by atoms with Crippen LogP contribution in [0, 0.1) is 0 Å². The van der Waals surface area contributed by atoms with Crippen molar-refractivity contribution in [1.82, 2.24) is 0 Å². The largest absolute Gasteiger partial charge is 0.322 e. The Bertz CT molecular complexity index is 959. The highest BCUT2D eigenvalue weighted by molar-refractivity contribution is 6.34. The highest BCUT2D eigenvalue weighted by Gasteiger charge is 2.11. The summed E-state index contributed by atoms with van der Waals surface area (Å²) in [5.41, 5.74) is 1.85. The van der Waals surface area contributed by atoms with Crippen LogP contribution in [0.15, 0.2) is 72.8 Å². The van der Waals surface area contributed by atoms with Gasteiger partial charge in [0.15, 0.2) is 0 Å². The monoisotopic (exact) mass is 384 g/mol. The predicted octanol–water partition coefficient (Wildman–Crippen LogP) is 5.50. The van der Waals surface area contributed by atoms with Crippen molar-refractivity contribution in [3.05, 3.63) is 94.0 Å². The first-order valence-corrected chi connectivity index (χ1v) is 8.51. The number of nitrogens with one attached hydrogen (secondary N) is 2. The van der Waals surface area contributed by atoms with Gasteiger partial charge in [-0.2, -0.15) is 0 Å². The Labute approximate surface area is 160 Å². The van der Waals surface area contributed by atoms with E-state index in [9.17, 15) is 9.59 Å². The highest BCUT2D eigenvalue weighted by Crippen LogP contribution is 2.26. The van der Waals surface area contributed by atoms with Crippen LogP contribution in [0.1, 0.15) is 20.7 Å². The van der Waals surface area contributed by atoms with E-state index in [-0.39, 0.29) is 11.8 Å². The van der Waals surface area contributed by atoms with Crippen LogP contribution in [0.25, 0.3) is 0 Å².